The van der Waals surface area contributed by atoms with Crippen LogP contribution in [0.15, 0.2) is 0 Å². The van der Waals surface area contributed by atoms with Crippen LogP contribution in [0.2, 0.25) is 19.6 Å². The van der Waals surface area contributed by atoms with Crippen molar-refractivity contribution in [2.24, 2.45) is 0 Å². The van der Waals surface area contributed by atoms with Crippen molar-refractivity contribution in [3.05, 3.63) is 6.55 Å². The van der Waals surface area contributed by atoms with E-state index in [4.69, 9.17) is 0 Å². The van der Waals surface area contributed by atoms with Crippen LogP contribution >= 0.6 is 0 Å². The van der Waals surface area contributed by atoms with Crippen LogP contribution in [0, 0.1) is 6.55 Å². The van der Waals surface area contributed by atoms with Gasteiger partial charge in [-0.1, -0.05) is 19.6 Å². The molecule has 0 nitrogen and oxygen atoms in total. The predicted octanol–water partition coefficient (Wildman–Crippen LogP) is 1.70. The maximum absolute atomic E-state index is 3.91. The van der Waals surface area contributed by atoms with Crippen molar-refractivity contribution in [3.63, 3.8) is 0 Å². The molecule has 0 aromatic rings. The molecule has 0 aromatic carbocycles. The second-order valence-corrected chi connectivity index (χ2v) is 7.68. The van der Waals surface area contributed by atoms with Gasteiger partial charge in [-0.2, -0.15) is 0 Å². The first-order chi connectivity index (χ1) is 2.00. The van der Waals surface area contributed by atoms with Crippen molar-refractivity contribution in [1.29, 1.82) is 0 Å². The van der Waals surface area contributed by atoms with Crippen LogP contribution < -0.4 is 0 Å². The van der Waals surface area contributed by atoms with E-state index in [0.29, 0.717) is 0 Å². The second-order valence-electron chi connectivity index (χ2n) is 2.56. The molecule has 0 N–H and O–H groups in total. The molecule has 0 aliphatic heterocycles. The van der Waals surface area contributed by atoms with E-state index in [9.17, 15) is 0 Å². The van der Waals surface area contributed by atoms with Crippen molar-refractivity contribution in [3.8, 4) is 0 Å². The monoisotopic (exact) mass is 145 g/mol. The van der Waals surface area contributed by atoms with E-state index in [1.807, 2.05) is 0 Å². The summed E-state index contributed by atoms with van der Waals surface area (Å²) in [5.41, 5.74) is 0. The fraction of sp³-hybridized carbons (Fsp3) is 0.750. The summed E-state index contributed by atoms with van der Waals surface area (Å²) < 4.78 is 0. The van der Waals surface area contributed by atoms with Crippen LogP contribution in [0.4, 0.5) is 0 Å². The van der Waals surface area contributed by atoms with E-state index < -0.39 is 8.07 Å². The molecular formula is C4H11NiSi+. The Hall–Kier alpha value is 0.710. The Morgan fingerprint density at radius 2 is 1.17 bits per heavy atom. The maximum Gasteiger partial charge on any atom is 2.00 e. The van der Waals surface area contributed by atoms with Crippen LogP contribution in [-0.2, 0) is 16.5 Å². The number of hydrogen-bond acceptors (Lipinski definition) is 0. The second kappa shape index (κ2) is 2.81. The van der Waals surface area contributed by atoms with E-state index in [2.05, 4.69) is 26.2 Å². The van der Waals surface area contributed by atoms with E-state index in [0.717, 1.165) is 0 Å². The third-order valence-electron chi connectivity index (χ3n) is 0. The Labute approximate surface area is 51.3 Å². The minimum absolute atomic E-state index is 0. The molecule has 0 saturated heterocycles. The molecule has 0 fully saturated rings. The molecule has 2 heteroatoms. The Morgan fingerprint density at radius 1 is 1.17 bits per heavy atom. The van der Waals surface area contributed by atoms with Gasteiger partial charge in [-0.25, -0.2) is 0 Å². The summed E-state index contributed by atoms with van der Waals surface area (Å²) in [6, 6.07) is 0. The molecule has 40 valence electrons. The average molecular weight is 146 g/mol. The Kier molecular flexibility index (Phi) is 4.62. The van der Waals surface area contributed by atoms with Gasteiger partial charge in [0.25, 0.3) is 0 Å². The van der Waals surface area contributed by atoms with E-state index in [-0.39, 0.29) is 16.5 Å². The van der Waals surface area contributed by atoms with E-state index in [1.165, 1.54) is 0 Å². The van der Waals surface area contributed by atoms with Gasteiger partial charge in [-0.05, 0) is 0 Å². The van der Waals surface area contributed by atoms with Crippen molar-refractivity contribution >= 4 is 8.07 Å². The standard InChI is InChI=1S/C4H11Si.Ni/c1-5(2,3)4;/h1H2,2-4H3;/q-1;+2. The first-order valence-corrected chi connectivity index (χ1v) is 5.56. The summed E-state index contributed by atoms with van der Waals surface area (Å²) in [6.07, 6.45) is 0. The number of rotatable bonds is 0. The van der Waals surface area contributed by atoms with Gasteiger partial charge in [0.1, 0.15) is 0 Å². The summed E-state index contributed by atoms with van der Waals surface area (Å²) in [5, 5.41) is 0. The van der Waals surface area contributed by atoms with Gasteiger partial charge in [-0.3, -0.25) is 0 Å². The molecular weight excluding hydrogens is 135 g/mol. The SMILES string of the molecule is [CH2-][Si](C)(C)C.[Ni+2]. The zero-order chi connectivity index (χ0) is 4.50. The summed E-state index contributed by atoms with van der Waals surface area (Å²) in [5.74, 6) is 0. The average Bonchev–Trinajstić information content (AvgIpc) is 0.722. The topological polar surface area (TPSA) is 0 Å². The van der Waals surface area contributed by atoms with Gasteiger partial charge >= 0.3 is 16.5 Å². The molecule has 0 atom stereocenters. The van der Waals surface area contributed by atoms with Crippen molar-refractivity contribution < 1.29 is 16.5 Å². The summed E-state index contributed by atoms with van der Waals surface area (Å²) in [4.78, 5) is 0. The van der Waals surface area contributed by atoms with Crippen molar-refractivity contribution in [2.45, 2.75) is 19.6 Å². The molecule has 0 aliphatic rings. The molecule has 0 radical (unpaired) electrons. The first kappa shape index (κ1) is 9.86. The summed E-state index contributed by atoms with van der Waals surface area (Å²) in [6.45, 7) is 10.6. The van der Waals surface area contributed by atoms with Gasteiger partial charge in [-0.15, -0.1) is 8.07 Å². The molecule has 0 rings (SSSR count). The Bertz CT molecular complexity index is 23.0. The predicted molar refractivity (Wildman–Crippen MR) is 28.7 cm³/mol. The molecule has 0 aliphatic carbocycles. The first-order valence-electron chi connectivity index (χ1n) is 1.85. The molecule has 0 saturated carbocycles. The van der Waals surface area contributed by atoms with Crippen LogP contribution in [0.1, 0.15) is 0 Å². The third kappa shape index (κ3) is 128. The molecule has 0 unspecified atom stereocenters. The van der Waals surface area contributed by atoms with Crippen molar-refractivity contribution in [1.82, 2.24) is 0 Å². The van der Waals surface area contributed by atoms with E-state index in [1.54, 1.807) is 0 Å². The van der Waals surface area contributed by atoms with Crippen LogP contribution in [0.5, 0.6) is 0 Å². The molecule has 0 aromatic heterocycles. The van der Waals surface area contributed by atoms with E-state index >= 15 is 0 Å². The van der Waals surface area contributed by atoms with Crippen LogP contribution in [-0.4, -0.2) is 8.07 Å². The number of hydrogen-bond donors (Lipinski definition) is 0. The fourth-order valence-corrected chi connectivity index (χ4v) is 0. The summed E-state index contributed by atoms with van der Waals surface area (Å²) >= 11 is 0. The zero-order valence-corrected chi connectivity index (χ0v) is 6.51. The van der Waals surface area contributed by atoms with Gasteiger partial charge in [0.2, 0.25) is 0 Å². The van der Waals surface area contributed by atoms with Crippen LogP contribution in [0.25, 0.3) is 0 Å². The molecule has 6 heavy (non-hydrogen) atoms. The minimum atomic E-state index is -0.861. The van der Waals surface area contributed by atoms with Gasteiger partial charge in [0, 0.05) is 0 Å². The normalized spacial score (nSPS) is 10.0. The van der Waals surface area contributed by atoms with Crippen molar-refractivity contribution in [2.75, 3.05) is 0 Å². The summed E-state index contributed by atoms with van der Waals surface area (Å²) in [7, 11) is -0.861. The smallest absolute Gasteiger partial charge is 0.342 e. The molecule has 0 amide bonds. The molecule has 0 bridgehead atoms. The fourth-order valence-electron chi connectivity index (χ4n) is 0. The Morgan fingerprint density at radius 3 is 1.17 bits per heavy atom. The van der Waals surface area contributed by atoms with Crippen LogP contribution in [0.3, 0.4) is 0 Å². The largest absolute Gasteiger partial charge is 2.00 e. The molecule has 0 heterocycles. The zero-order valence-electron chi connectivity index (χ0n) is 4.52. The minimum Gasteiger partial charge on any atom is -0.342 e. The van der Waals surface area contributed by atoms with Gasteiger partial charge in [0.05, 0.1) is 0 Å². The Balaban J connectivity index is 0. The maximum atomic E-state index is 3.91. The molecule has 0 spiro atoms. The third-order valence-corrected chi connectivity index (χ3v) is 0. The van der Waals surface area contributed by atoms with Gasteiger partial charge < -0.3 is 6.55 Å². The quantitative estimate of drug-likeness (QED) is 0.360. The van der Waals surface area contributed by atoms with Gasteiger partial charge in [0.15, 0.2) is 0 Å².